The molecule has 1 aliphatic carbocycles. The van der Waals surface area contributed by atoms with Crippen molar-refractivity contribution in [1.82, 2.24) is 5.32 Å². The third kappa shape index (κ3) is 2.99. The van der Waals surface area contributed by atoms with E-state index in [1.165, 1.54) is 19.3 Å². The summed E-state index contributed by atoms with van der Waals surface area (Å²) in [7, 11) is 0. The van der Waals surface area contributed by atoms with E-state index in [-0.39, 0.29) is 5.92 Å². The van der Waals surface area contributed by atoms with Gasteiger partial charge in [0.2, 0.25) is 0 Å². The summed E-state index contributed by atoms with van der Waals surface area (Å²) in [5.74, 6) is 1.67. The van der Waals surface area contributed by atoms with E-state index < -0.39 is 0 Å². The van der Waals surface area contributed by atoms with Crippen LogP contribution in [0.5, 0.6) is 0 Å². The van der Waals surface area contributed by atoms with Gasteiger partial charge in [0, 0.05) is 12.6 Å². The largest absolute Gasteiger partial charge is 0.312 e. The van der Waals surface area contributed by atoms with Crippen molar-refractivity contribution in [2.45, 2.75) is 46.1 Å². The summed E-state index contributed by atoms with van der Waals surface area (Å²) in [6.45, 7) is 7.47. The second-order valence-corrected chi connectivity index (χ2v) is 4.85. The van der Waals surface area contributed by atoms with Crippen LogP contribution in [-0.2, 0) is 0 Å². The molecule has 0 aliphatic heterocycles. The van der Waals surface area contributed by atoms with Crippen LogP contribution in [0.15, 0.2) is 0 Å². The van der Waals surface area contributed by atoms with Gasteiger partial charge >= 0.3 is 0 Å². The van der Waals surface area contributed by atoms with Gasteiger partial charge in [0.05, 0.1) is 12.0 Å². The van der Waals surface area contributed by atoms with Crippen molar-refractivity contribution in [1.29, 1.82) is 5.26 Å². The zero-order valence-corrected chi connectivity index (χ0v) is 9.59. The molecule has 2 nitrogen and oxygen atoms in total. The molecule has 1 aliphatic rings. The summed E-state index contributed by atoms with van der Waals surface area (Å²) >= 11 is 0. The second-order valence-electron chi connectivity index (χ2n) is 4.85. The second kappa shape index (κ2) is 5.36. The van der Waals surface area contributed by atoms with Crippen molar-refractivity contribution < 1.29 is 0 Å². The Morgan fingerprint density at radius 1 is 1.36 bits per heavy atom. The number of hydrogen-bond acceptors (Lipinski definition) is 2. The Morgan fingerprint density at radius 3 is 2.43 bits per heavy atom. The number of hydrogen-bond donors (Lipinski definition) is 1. The van der Waals surface area contributed by atoms with Crippen LogP contribution in [0.25, 0.3) is 0 Å². The first-order valence-electron chi connectivity index (χ1n) is 5.78. The summed E-state index contributed by atoms with van der Waals surface area (Å²) in [6.07, 6.45) is 4.04. The van der Waals surface area contributed by atoms with Crippen LogP contribution in [0, 0.1) is 29.1 Å². The molecule has 3 unspecified atom stereocenters. The molecule has 1 N–H and O–H groups in total. The van der Waals surface area contributed by atoms with Gasteiger partial charge in [-0.1, -0.05) is 20.3 Å². The fourth-order valence-corrected chi connectivity index (χ4v) is 2.44. The molecule has 0 saturated heterocycles. The lowest BCUT2D eigenvalue weighted by Crippen LogP contribution is -2.44. The van der Waals surface area contributed by atoms with Crippen LogP contribution >= 0.6 is 0 Å². The maximum absolute atomic E-state index is 8.71. The van der Waals surface area contributed by atoms with Crippen LogP contribution in [0.3, 0.4) is 0 Å². The van der Waals surface area contributed by atoms with Gasteiger partial charge in [-0.25, -0.2) is 0 Å². The molecule has 0 spiro atoms. The van der Waals surface area contributed by atoms with Gasteiger partial charge in [0.25, 0.3) is 0 Å². The van der Waals surface area contributed by atoms with Crippen molar-refractivity contribution >= 4 is 0 Å². The van der Waals surface area contributed by atoms with E-state index in [1.54, 1.807) is 0 Å². The van der Waals surface area contributed by atoms with Crippen LogP contribution in [0.4, 0.5) is 0 Å². The molecule has 0 amide bonds. The van der Waals surface area contributed by atoms with Crippen molar-refractivity contribution in [3.05, 3.63) is 0 Å². The summed E-state index contributed by atoms with van der Waals surface area (Å²) in [5, 5.41) is 12.3. The molecule has 1 fully saturated rings. The molecule has 1 saturated carbocycles. The lowest BCUT2D eigenvalue weighted by Gasteiger charge is -2.35. The van der Waals surface area contributed by atoms with E-state index in [0.29, 0.717) is 6.04 Å². The molecule has 80 valence electrons. The Kier molecular flexibility index (Phi) is 4.41. The van der Waals surface area contributed by atoms with Gasteiger partial charge < -0.3 is 5.32 Å². The number of nitrogens with zero attached hydrogens (tertiary/aromatic N) is 1. The molecule has 0 radical (unpaired) electrons. The molecule has 2 heteroatoms. The monoisotopic (exact) mass is 194 g/mol. The van der Waals surface area contributed by atoms with Crippen LogP contribution in [0.1, 0.15) is 40.0 Å². The summed E-state index contributed by atoms with van der Waals surface area (Å²) in [4.78, 5) is 0. The number of nitriles is 1. The highest BCUT2D eigenvalue weighted by atomic mass is 14.9. The number of nitrogens with one attached hydrogen (secondary N) is 1. The lowest BCUT2D eigenvalue weighted by atomic mass is 9.78. The minimum Gasteiger partial charge on any atom is -0.312 e. The Bertz CT molecular complexity index is 197. The average Bonchev–Trinajstić information content (AvgIpc) is 2.16. The average molecular weight is 194 g/mol. The molecule has 3 atom stereocenters. The smallest absolute Gasteiger partial charge is 0.0666 e. The summed E-state index contributed by atoms with van der Waals surface area (Å²) in [6, 6.07) is 2.90. The summed E-state index contributed by atoms with van der Waals surface area (Å²) < 4.78 is 0. The quantitative estimate of drug-likeness (QED) is 0.749. The fraction of sp³-hybridized carbons (Fsp3) is 0.917. The number of rotatable bonds is 3. The fourth-order valence-electron chi connectivity index (χ4n) is 2.44. The molecule has 14 heavy (non-hydrogen) atoms. The third-order valence-corrected chi connectivity index (χ3v) is 3.43. The Balaban J connectivity index is 2.37. The molecule has 0 aromatic rings. The van der Waals surface area contributed by atoms with Crippen molar-refractivity contribution in [2.75, 3.05) is 6.54 Å². The van der Waals surface area contributed by atoms with Crippen LogP contribution in [0.2, 0.25) is 0 Å². The van der Waals surface area contributed by atoms with Gasteiger partial charge in [-0.15, -0.1) is 0 Å². The van der Waals surface area contributed by atoms with E-state index in [2.05, 4.69) is 25.2 Å². The van der Waals surface area contributed by atoms with Crippen LogP contribution < -0.4 is 5.32 Å². The van der Waals surface area contributed by atoms with Crippen molar-refractivity contribution in [2.24, 2.45) is 17.8 Å². The highest BCUT2D eigenvalue weighted by molar-refractivity contribution is 4.87. The van der Waals surface area contributed by atoms with E-state index in [1.807, 2.05) is 6.92 Å². The molecule has 0 aromatic heterocycles. The first-order valence-corrected chi connectivity index (χ1v) is 5.78. The van der Waals surface area contributed by atoms with Gasteiger partial charge in [-0.2, -0.15) is 5.26 Å². The first-order chi connectivity index (χ1) is 6.65. The summed E-state index contributed by atoms with van der Waals surface area (Å²) in [5.41, 5.74) is 0. The van der Waals surface area contributed by atoms with Crippen LogP contribution in [-0.4, -0.2) is 12.6 Å². The molecule has 1 rings (SSSR count). The SMILES string of the molecule is CC(C#N)CNC1C(C)CCCC1C. The predicted molar refractivity (Wildman–Crippen MR) is 58.7 cm³/mol. The van der Waals surface area contributed by atoms with E-state index in [4.69, 9.17) is 5.26 Å². The van der Waals surface area contributed by atoms with E-state index >= 15 is 0 Å². The Labute approximate surface area is 87.7 Å². The maximum atomic E-state index is 8.71. The first kappa shape index (κ1) is 11.5. The van der Waals surface area contributed by atoms with Gasteiger partial charge in [-0.05, 0) is 31.6 Å². The normalized spacial score (nSPS) is 34.9. The topological polar surface area (TPSA) is 35.8 Å². The van der Waals surface area contributed by atoms with E-state index in [0.717, 1.165) is 18.4 Å². The third-order valence-electron chi connectivity index (χ3n) is 3.43. The molecule has 0 bridgehead atoms. The van der Waals surface area contributed by atoms with E-state index in [9.17, 15) is 0 Å². The van der Waals surface area contributed by atoms with Gasteiger partial charge in [0.15, 0.2) is 0 Å². The van der Waals surface area contributed by atoms with Crippen molar-refractivity contribution in [3.8, 4) is 6.07 Å². The highest BCUT2D eigenvalue weighted by Gasteiger charge is 2.27. The molecule has 0 aromatic carbocycles. The van der Waals surface area contributed by atoms with Gasteiger partial charge in [-0.3, -0.25) is 0 Å². The molecular formula is C12H22N2. The van der Waals surface area contributed by atoms with Crippen molar-refractivity contribution in [3.63, 3.8) is 0 Å². The molecule has 0 heterocycles. The zero-order valence-electron chi connectivity index (χ0n) is 9.59. The molecular weight excluding hydrogens is 172 g/mol. The maximum Gasteiger partial charge on any atom is 0.0666 e. The standard InChI is InChI=1S/C12H22N2/c1-9(7-13)8-14-12-10(2)5-4-6-11(12)3/h9-12,14H,4-6,8H2,1-3H3. The zero-order chi connectivity index (χ0) is 10.6. The van der Waals surface area contributed by atoms with Gasteiger partial charge in [0.1, 0.15) is 0 Å². The lowest BCUT2D eigenvalue weighted by molar-refractivity contribution is 0.206. The minimum atomic E-state index is 0.135. The highest BCUT2D eigenvalue weighted by Crippen LogP contribution is 2.28. The predicted octanol–water partition coefficient (Wildman–Crippen LogP) is 2.56. The minimum absolute atomic E-state index is 0.135. The Morgan fingerprint density at radius 2 is 1.93 bits per heavy atom. The Hall–Kier alpha value is -0.550.